The first-order chi connectivity index (χ1) is 10.7. The van der Waals surface area contributed by atoms with Crippen LogP contribution in [0.5, 0.6) is 5.75 Å². The largest absolute Gasteiger partial charge is 0.497 e. The summed E-state index contributed by atoms with van der Waals surface area (Å²) in [6.45, 7) is 4.37. The average molecular weight is 335 g/mol. The molecular formula is C18H25NO3S. The van der Waals surface area contributed by atoms with E-state index in [9.17, 15) is 8.42 Å². The molecular weight excluding hydrogens is 310 g/mol. The summed E-state index contributed by atoms with van der Waals surface area (Å²) in [5, 5.41) is 0. The molecule has 0 heterocycles. The zero-order valence-corrected chi connectivity index (χ0v) is 15.1. The minimum absolute atomic E-state index is 0.127. The molecule has 1 saturated carbocycles. The number of rotatable bonds is 4. The van der Waals surface area contributed by atoms with Crippen LogP contribution in [0.1, 0.15) is 44.2 Å². The fraction of sp³-hybridized carbons (Fsp3) is 0.556. The molecule has 0 radical (unpaired) electrons. The van der Waals surface area contributed by atoms with Crippen LogP contribution in [0.3, 0.4) is 0 Å². The van der Waals surface area contributed by atoms with E-state index in [0.29, 0.717) is 11.3 Å². The Morgan fingerprint density at radius 2 is 1.91 bits per heavy atom. The second-order valence-electron chi connectivity index (χ2n) is 7.42. The van der Waals surface area contributed by atoms with Crippen molar-refractivity contribution in [2.45, 2.75) is 45.6 Å². The van der Waals surface area contributed by atoms with Gasteiger partial charge in [-0.05, 0) is 60.4 Å². The standard InChI is InChI=1S/C18H25NO3S/c1-18(2)11-15(12-18)19(3)23(20,21)17-8-6-13-5-7-16(22-4)9-14(13)10-17/h5,7,9-10,15H,6,8,11-12H2,1-4H3. The Morgan fingerprint density at radius 3 is 2.52 bits per heavy atom. The van der Waals surface area contributed by atoms with Crippen LogP contribution in [0.15, 0.2) is 23.1 Å². The van der Waals surface area contributed by atoms with Crippen LogP contribution in [0.25, 0.3) is 6.08 Å². The van der Waals surface area contributed by atoms with Gasteiger partial charge in [0.15, 0.2) is 0 Å². The smallest absolute Gasteiger partial charge is 0.239 e. The van der Waals surface area contributed by atoms with Gasteiger partial charge in [0.2, 0.25) is 10.0 Å². The zero-order valence-electron chi connectivity index (χ0n) is 14.3. The Bertz CT molecular complexity index is 742. The minimum atomic E-state index is -3.38. The number of hydrogen-bond acceptors (Lipinski definition) is 3. The predicted molar refractivity (Wildman–Crippen MR) is 92.8 cm³/mol. The highest BCUT2D eigenvalue weighted by Gasteiger charge is 2.42. The number of fused-ring (bicyclic) bond motifs is 1. The molecule has 0 aromatic heterocycles. The lowest BCUT2D eigenvalue weighted by Gasteiger charge is -2.46. The van der Waals surface area contributed by atoms with E-state index in [1.807, 2.05) is 24.3 Å². The third-order valence-corrected chi connectivity index (χ3v) is 7.15. The normalized spacial score (nSPS) is 20.7. The summed E-state index contributed by atoms with van der Waals surface area (Å²) in [5.74, 6) is 0.757. The molecule has 0 atom stereocenters. The van der Waals surface area contributed by atoms with Gasteiger partial charge >= 0.3 is 0 Å². The number of methoxy groups -OCH3 is 1. The van der Waals surface area contributed by atoms with Crippen LogP contribution in [-0.2, 0) is 16.4 Å². The summed E-state index contributed by atoms with van der Waals surface area (Å²) < 4.78 is 32.7. The number of benzene rings is 1. The van der Waals surface area contributed by atoms with Gasteiger partial charge in [0.05, 0.1) is 12.0 Å². The molecule has 0 saturated heterocycles. The SMILES string of the molecule is COc1ccc2c(c1)C=C(S(=O)(=O)N(C)C1CC(C)(C)C1)CC2. The number of sulfonamides is 1. The Morgan fingerprint density at radius 1 is 1.22 bits per heavy atom. The molecule has 1 aromatic rings. The number of aryl methyl sites for hydroxylation is 1. The van der Waals surface area contributed by atoms with Crippen molar-refractivity contribution >= 4 is 16.1 Å². The maximum Gasteiger partial charge on any atom is 0.239 e. The van der Waals surface area contributed by atoms with Crippen LogP contribution in [0.4, 0.5) is 0 Å². The molecule has 5 heteroatoms. The van der Waals surface area contributed by atoms with E-state index >= 15 is 0 Å². The van der Waals surface area contributed by atoms with Gasteiger partial charge in [-0.15, -0.1) is 0 Å². The first-order valence-electron chi connectivity index (χ1n) is 8.08. The van der Waals surface area contributed by atoms with Crippen LogP contribution in [-0.4, -0.2) is 32.9 Å². The number of nitrogens with zero attached hydrogens (tertiary/aromatic N) is 1. The lowest BCUT2D eigenvalue weighted by atomic mass is 9.68. The van der Waals surface area contributed by atoms with Crippen molar-refractivity contribution in [2.75, 3.05) is 14.2 Å². The molecule has 0 N–H and O–H groups in total. The summed E-state index contributed by atoms with van der Waals surface area (Å²) >= 11 is 0. The summed E-state index contributed by atoms with van der Waals surface area (Å²) in [7, 11) is -0.0385. The molecule has 3 rings (SSSR count). The zero-order chi connectivity index (χ0) is 16.8. The molecule has 23 heavy (non-hydrogen) atoms. The van der Waals surface area contributed by atoms with E-state index in [2.05, 4.69) is 13.8 Å². The molecule has 0 unspecified atom stereocenters. The highest BCUT2D eigenvalue weighted by molar-refractivity contribution is 7.93. The van der Waals surface area contributed by atoms with Gasteiger partial charge in [0.1, 0.15) is 5.75 Å². The maximum atomic E-state index is 12.9. The number of ether oxygens (including phenoxy) is 1. The summed E-state index contributed by atoms with van der Waals surface area (Å²) in [5.41, 5.74) is 2.39. The van der Waals surface area contributed by atoms with E-state index in [1.165, 1.54) is 5.56 Å². The molecule has 126 valence electrons. The lowest BCUT2D eigenvalue weighted by Crippen LogP contribution is -2.49. The third-order valence-electron chi connectivity index (χ3n) is 5.11. The molecule has 0 aliphatic heterocycles. The third kappa shape index (κ3) is 3.04. The van der Waals surface area contributed by atoms with E-state index in [0.717, 1.165) is 30.6 Å². The van der Waals surface area contributed by atoms with Crippen molar-refractivity contribution in [2.24, 2.45) is 5.41 Å². The monoisotopic (exact) mass is 335 g/mol. The molecule has 0 amide bonds. The van der Waals surface area contributed by atoms with Gasteiger partial charge in [-0.25, -0.2) is 8.42 Å². The maximum absolute atomic E-state index is 12.9. The Balaban J connectivity index is 1.87. The fourth-order valence-corrected chi connectivity index (χ4v) is 5.17. The topological polar surface area (TPSA) is 46.6 Å². The quantitative estimate of drug-likeness (QED) is 0.847. The van der Waals surface area contributed by atoms with Crippen molar-refractivity contribution in [3.05, 3.63) is 34.2 Å². The summed E-state index contributed by atoms with van der Waals surface area (Å²) in [6, 6.07) is 5.99. The van der Waals surface area contributed by atoms with Gasteiger partial charge < -0.3 is 4.74 Å². The molecule has 1 fully saturated rings. The lowest BCUT2D eigenvalue weighted by molar-refractivity contribution is 0.0861. The minimum Gasteiger partial charge on any atom is -0.497 e. The van der Waals surface area contributed by atoms with E-state index in [4.69, 9.17) is 4.74 Å². The highest BCUT2D eigenvalue weighted by atomic mass is 32.2. The van der Waals surface area contributed by atoms with Gasteiger partial charge in [-0.3, -0.25) is 0 Å². The van der Waals surface area contributed by atoms with E-state index in [1.54, 1.807) is 18.5 Å². The molecule has 4 nitrogen and oxygen atoms in total. The van der Waals surface area contributed by atoms with Gasteiger partial charge in [0, 0.05) is 13.1 Å². The van der Waals surface area contributed by atoms with Crippen molar-refractivity contribution in [1.29, 1.82) is 0 Å². The van der Waals surface area contributed by atoms with Crippen LogP contribution >= 0.6 is 0 Å². The van der Waals surface area contributed by atoms with Crippen molar-refractivity contribution in [3.8, 4) is 5.75 Å². The van der Waals surface area contributed by atoms with Crippen molar-refractivity contribution in [3.63, 3.8) is 0 Å². The molecule has 0 bridgehead atoms. The van der Waals surface area contributed by atoms with E-state index < -0.39 is 10.0 Å². The van der Waals surface area contributed by atoms with Crippen molar-refractivity contribution < 1.29 is 13.2 Å². The first-order valence-corrected chi connectivity index (χ1v) is 9.52. The Labute approximate surface area is 139 Å². The molecule has 1 aromatic carbocycles. The first kappa shape index (κ1) is 16.5. The van der Waals surface area contributed by atoms with Crippen LogP contribution in [0.2, 0.25) is 0 Å². The van der Waals surface area contributed by atoms with Crippen LogP contribution in [0, 0.1) is 5.41 Å². The Kier molecular flexibility index (Phi) is 4.05. The fourth-order valence-electron chi connectivity index (χ4n) is 3.62. The molecule has 0 spiro atoms. The molecule has 2 aliphatic rings. The summed E-state index contributed by atoms with van der Waals surface area (Å²) in [4.78, 5) is 0.519. The second-order valence-corrected chi connectivity index (χ2v) is 9.47. The van der Waals surface area contributed by atoms with Crippen LogP contribution < -0.4 is 4.74 Å². The average Bonchev–Trinajstić information content (AvgIpc) is 2.50. The predicted octanol–water partition coefficient (Wildman–Crippen LogP) is 3.43. The van der Waals surface area contributed by atoms with Gasteiger partial charge in [-0.1, -0.05) is 19.9 Å². The second kappa shape index (κ2) is 5.64. The number of allylic oxidation sites excluding steroid dienone is 1. The number of hydrogen-bond donors (Lipinski definition) is 0. The van der Waals surface area contributed by atoms with Gasteiger partial charge in [-0.2, -0.15) is 4.31 Å². The Hall–Kier alpha value is -1.33. The summed E-state index contributed by atoms with van der Waals surface area (Å²) in [6.07, 6.45) is 5.01. The highest BCUT2D eigenvalue weighted by Crippen LogP contribution is 2.44. The van der Waals surface area contributed by atoms with Crippen molar-refractivity contribution in [1.82, 2.24) is 4.31 Å². The van der Waals surface area contributed by atoms with Gasteiger partial charge in [0.25, 0.3) is 0 Å². The molecule has 2 aliphatic carbocycles. The van der Waals surface area contributed by atoms with E-state index in [-0.39, 0.29) is 11.5 Å².